The molecule has 1 aromatic rings. The number of rotatable bonds is 8. The standard InChI is InChI=1S/C17H21N3O6/c1-10(22)14(15(24)25)20-13(23)8-18-16(26)17(19-9-21)6-11-4-2-3-5-12(11)7-17/h2-5,9-10,14,22H,6-8H2,1H3,(H,18,26)(H,19,21)(H,20,23)(H,24,25). The van der Waals surface area contributed by atoms with Crippen LogP contribution in [0.15, 0.2) is 24.3 Å². The number of aliphatic carboxylic acids is 1. The molecule has 9 heteroatoms. The third kappa shape index (κ3) is 4.17. The first-order valence-corrected chi connectivity index (χ1v) is 8.06. The van der Waals surface area contributed by atoms with Crippen molar-refractivity contribution >= 4 is 24.2 Å². The molecular weight excluding hydrogens is 342 g/mol. The number of hydrogen-bond donors (Lipinski definition) is 5. The van der Waals surface area contributed by atoms with Gasteiger partial charge in [-0.15, -0.1) is 0 Å². The number of benzene rings is 1. The van der Waals surface area contributed by atoms with Crippen molar-refractivity contribution in [1.29, 1.82) is 0 Å². The van der Waals surface area contributed by atoms with Crippen LogP contribution in [0, 0.1) is 0 Å². The predicted octanol–water partition coefficient (Wildman–Crippen LogP) is -1.66. The lowest BCUT2D eigenvalue weighted by Crippen LogP contribution is -2.59. The van der Waals surface area contributed by atoms with Crippen LogP contribution < -0.4 is 16.0 Å². The molecule has 0 radical (unpaired) electrons. The molecule has 140 valence electrons. The zero-order chi connectivity index (χ0) is 19.3. The lowest BCUT2D eigenvalue weighted by Gasteiger charge is -2.27. The number of carbonyl (C=O) groups is 4. The van der Waals surface area contributed by atoms with Crippen LogP contribution in [-0.2, 0) is 32.0 Å². The van der Waals surface area contributed by atoms with Gasteiger partial charge in [0.15, 0.2) is 6.04 Å². The van der Waals surface area contributed by atoms with Crippen molar-refractivity contribution in [2.24, 2.45) is 0 Å². The summed E-state index contributed by atoms with van der Waals surface area (Å²) >= 11 is 0. The predicted molar refractivity (Wildman–Crippen MR) is 90.0 cm³/mol. The largest absolute Gasteiger partial charge is 0.480 e. The summed E-state index contributed by atoms with van der Waals surface area (Å²) in [6.45, 7) is 0.754. The van der Waals surface area contributed by atoms with E-state index in [9.17, 15) is 24.3 Å². The smallest absolute Gasteiger partial charge is 0.328 e. The van der Waals surface area contributed by atoms with E-state index in [-0.39, 0.29) is 0 Å². The van der Waals surface area contributed by atoms with Crippen LogP contribution >= 0.6 is 0 Å². The van der Waals surface area contributed by atoms with E-state index in [4.69, 9.17) is 5.11 Å². The van der Waals surface area contributed by atoms with Crippen molar-refractivity contribution in [2.75, 3.05) is 6.54 Å². The maximum absolute atomic E-state index is 12.6. The van der Waals surface area contributed by atoms with E-state index in [1.54, 1.807) is 0 Å². The molecule has 1 aliphatic rings. The van der Waals surface area contributed by atoms with Crippen LogP contribution in [0.3, 0.4) is 0 Å². The second-order valence-electron chi connectivity index (χ2n) is 6.27. The Morgan fingerprint density at radius 1 is 1.23 bits per heavy atom. The molecule has 0 fully saturated rings. The number of fused-ring (bicyclic) bond motifs is 1. The van der Waals surface area contributed by atoms with Gasteiger partial charge in [-0.3, -0.25) is 14.4 Å². The Morgan fingerprint density at radius 2 is 1.81 bits per heavy atom. The van der Waals surface area contributed by atoms with Crippen LogP contribution in [0.4, 0.5) is 0 Å². The molecule has 3 amide bonds. The summed E-state index contributed by atoms with van der Waals surface area (Å²) in [4.78, 5) is 46.4. The van der Waals surface area contributed by atoms with Gasteiger partial charge in [-0.2, -0.15) is 0 Å². The molecule has 9 nitrogen and oxygen atoms in total. The highest BCUT2D eigenvalue weighted by Crippen LogP contribution is 2.30. The Balaban J connectivity index is 2.00. The average molecular weight is 363 g/mol. The van der Waals surface area contributed by atoms with E-state index in [2.05, 4.69) is 16.0 Å². The van der Waals surface area contributed by atoms with Crippen molar-refractivity contribution in [3.8, 4) is 0 Å². The van der Waals surface area contributed by atoms with E-state index in [1.165, 1.54) is 6.92 Å². The number of carboxylic acid groups (broad SMARTS) is 1. The number of amides is 3. The third-order valence-corrected chi connectivity index (χ3v) is 4.35. The van der Waals surface area contributed by atoms with Crippen molar-refractivity contribution in [2.45, 2.75) is 37.5 Å². The number of hydrogen-bond acceptors (Lipinski definition) is 5. The molecule has 0 aromatic heterocycles. The van der Waals surface area contributed by atoms with Gasteiger partial charge in [0.2, 0.25) is 18.2 Å². The maximum Gasteiger partial charge on any atom is 0.328 e. The number of nitrogens with one attached hydrogen (secondary N) is 3. The summed E-state index contributed by atoms with van der Waals surface area (Å²) in [5.74, 6) is -2.69. The minimum atomic E-state index is -1.47. The topological polar surface area (TPSA) is 145 Å². The van der Waals surface area contributed by atoms with Gasteiger partial charge in [0.25, 0.3) is 0 Å². The lowest BCUT2D eigenvalue weighted by atomic mass is 9.94. The third-order valence-electron chi connectivity index (χ3n) is 4.35. The average Bonchev–Trinajstić information content (AvgIpc) is 2.96. The monoisotopic (exact) mass is 363 g/mol. The molecule has 2 unspecified atom stereocenters. The van der Waals surface area contributed by atoms with E-state index in [1.807, 2.05) is 24.3 Å². The molecule has 0 aliphatic heterocycles. The highest BCUT2D eigenvalue weighted by atomic mass is 16.4. The first-order chi connectivity index (χ1) is 12.3. The molecule has 5 N–H and O–H groups in total. The molecule has 2 atom stereocenters. The van der Waals surface area contributed by atoms with Crippen LogP contribution in [0.2, 0.25) is 0 Å². The lowest BCUT2D eigenvalue weighted by molar-refractivity contribution is -0.144. The van der Waals surface area contributed by atoms with Crippen molar-refractivity contribution in [1.82, 2.24) is 16.0 Å². The van der Waals surface area contributed by atoms with Crippen molar-refractivity contribution < 1.29 is 29.4 Å². The number of aliphatic hydroxyl groups is 1. The Bertz CT molecular complexity index is 693. The Morgan fingerprint density at radius 3 is 2.27 bits per heavy atom. The van der Waals surface area contributed by atoms with Gasteiger partial charge >= 0.3 is 5.97 Å². The molecule has 26 heavy (non-hydrogen) atoms. The first kappa shape index (κ1) is 19.4. The van der Waals surface area contributed by atoms with Crippen LogP contribution in [0.1, 0.15) is 18.1 Å². The van der Waals surface area contributed by atoms with Crippen LogP contribution in [-0.4, -0.2) is 58.6 Å². The summed E-state index contributed by atoms with van der Waals surface area (Å²) in [5, 5.41) is 25.4. The molecule has 0 saturated heterocycles. The summed E-state index contributed by atoms with van der Waals surface area (Å²) in [6, 6.07) is 5.93. The van der Waals surface area contributed by atoms with Gasteiger partial charge in [-0.1, -0.05) is 24.3 Å². The zero-order valence-electron chi connectivity index (χ0n) is 14.2. The normalized spacial score (nSPS) is 16.7. The molecule has 0 saturated carbocycles. The van der Waals surface area contributed by atoms with Crippen LogP contribution in [0.25, 0.3) is 0 Å². The molecule has 2 rings (SSSR count). The van der Waals surface area contributed by atoms with E-state index in [0.29, 0.717) is 19.3 Å². The quantitative estimate of drug-likeness (QED) is 0.350. The Kier molecular flexibility index (Phi) is 5.93. The minimum absolute atomic E-state index is 0.292. The van der Waals surface area contributed by atoms with Gasteiger partial charge in [-0.25, -0.2) is 4.79 Å². The maximum atomic E-state index is 12.6. The molecule has 1 aromatic carbocycles. The Labute approximate surface area is 149 Å². The summed E-state index contributed by atoms with van der Waals surface area (Å²) in [6.07, 6.45) is -0.263. The SMILES string of the molecule is CC(O)C(NC(=O)CNC(=O)C1(NC=O)Cc2ccccc2C1)C(=O)O. The van der Waals surface area contributed by atoms with Gasteiger partial charge in [0.1, 0.15) is 5.54 Å². The van der Waals surface area contributed by atoms with E-state index in [0.717, 1.165) is 11.1 Å². The van der Waals surface area contributed by atoms with Crippen LogP contribution in [0.5, 0.6) is 0 Å². The first-order valence-electron chi connectivity index (χ1n) is 8.06. The van der Waals surface area contributed by atoms with Gasteiger partial charge in [0.05, 0.1) is 12.6 Å². The second kappa shape index (κ2) is 7.96. The fourth-order valence-electron chi connectivity index (χ4n) is 3.00. The Hall–Kier alpha value is -2.94. The fourth-order valence-corrected chi connectivity index (χ4v) is 3.00. The number of carbonyl (C=O) groups excluding carboxylic acids is 3. The molecular formula is C17H21N3O6. The fraction of sp³-hybridized carbons (Fsp3) is 0.412. The van der Waals surface area contributed by atoms with Gasteiger partial charge in [-0.05, 0) is 18.1 Å². The van der Waals surface area contributed by atoms with Gasteiger partial charge < -0.3 is 26.2 Å². The van der Waals surface area contributed by atoms with Crippen molar-refractivity contribution in [3.63, 3.8) is 0 Å². The summed E-state index contributed by atoms with van der Waals surface area (Å²) in [5.41, 5.74) is 0.672. The minimum Gasteiger partial charge on any atom is -0.480 e. The second-order valence-corrected chi connectivity index (χ2v) is 6.27. The molecule has 0 bridgehead atoms. The molecule has 1 aliphatic carbocycles. The number of aliphatic hydroxyl groups excluding tert-OH is 1. The molecule has 0 spiro atoms. The van der Waals surface area contributed by atoms with E-state index >= 15 is 0 Å². The highest BCUT2D eigenvalue weighted by molar-refractivity contribution is 5.93. The summed E-state index contributed by atoms with van der Waals surface area (Å²) in [7, 11) is 0. The molecule has 0 heterocycles. The van der Waals surface area contributed by atoms with E-state index < -0.39 is 42.0 Å². The summed E-state index contributed by atoms with van der Waals surface area (Å²) < 4.78 is 0. The highest BCUT2D eigenvalue weighted by Gasteiger charge is 2.43. The van der Waals surface area contributed by atoms with Crippen molar-refractivity contribution in [3.05, 3.63) is 35.4 Å². The zero-order valence-corrected chi connectivity index (χ0v) is 14.2. The van der Waals surface area contributed by atoms with Gasteiger partial charge in [0, 0.05) is 12.8 Å². The number of carboxylic acids is 1.